The third kappa shape index (κ3) is 10.9. The first-order valence-electron chi connectivity index (χ1n) is 9.35. The minimum absolute atomic E-state index is 0.0664. The van der Waals surface area contributed by atoms with Gasteiger partial charge in [0.15, 0.2) is 0 Å². The van der Waals surface area contributed by atoms with Gasteiger partial charge in [-0.2, -0.15) is 0 Å². The molecular weight excluding hydrogens is 416 g/mol. The third-order valence-corrected chi connectivity index (χ3v) is 3.93. The van der Waals surface area contributed by atoms with Gasteiger partial charge >= 0.3 is 5.97 Å². The van der Waals surface area contributed by atoms with E-state index in [0.717, 1.165) is 0 Å². The molecule has 14 heteroatoms. The molecule has 31 heavy (non-hydrogen) atoms. The second-order valence-electron chi connectivity index (χ2n) is 7.28. The van der Waals surface area contributed by atoms with Crippen molar-refractivity contribution in [3.8, 4) is 0 Å². The molecular formula is C17H30N6O8. The van der Waals surface area contributed by atoms with Crippen molar-refractivity contribution in [2.45, 2.75) is 57.3 Å². The first-order chi connectivity index (χ1) is 14.3. The fraction of sp³-hybridized carbons (Fsp3) is 0.647. The van der Waals surface area contributed by atoms with Crippen molar-refractivity contribution < 1.29 is 39.0 Å². The third-order valence-electron chi connectivity index (χ3n) is 3.93. The lowest BCUT2D eigenvalue weighted by atomic mass is 10.0. The molecule has 0 radical (unpaired) electrons. The number of hydrogen-bond donors (Lipinski definition) is 8. The Labute approximate surface area is 178 Å². The van der Waals surface area contributed by atoms with Crippen LogP contribution < -0.4 is 33.2 Å². The molecule has 11 N–H and O–H groups in total. The van der Waals surface area contributed by atoms with E-state index < -0.39 is 79.1 Å². The van der Waals surface area contributed by atoms with Gasteiger partial charge < -0.3 is 43.4 Å². The molecule has 0 heterocycles. The average Bonchev–Trinajstić information content (AvgIpc) is 2.63. The summed E-state index contributed by atoms with van der Waals surface area (Å²) < 4.78 is 0. The Balaban J connectivity index is 5.27. The molecule has 0 saturated heterocycles. The Morgan fingerprint density at radius 1 is 0.774 bits per heavy atom. The molecule has 0 fully saturated rings. The van der Waals surface area contributed by atoms with Gasteiger partial charge in [-0.1, -0.05) is 13.8 Å². The Morgan fingerprint density at radius 3 is 1.65 bits per heavy atom. The maximum Gasteiger partial charge on any atom is 0.326 e. The van der Waals surface area contributed by atoms with Crippen LogP contribution in [-0.4, -0.2) is 76.5 Å². The Morgan fingerprint density at radius 2 is 1.23 bits per heavy atom. The second-order valence-corrected chi connectivity index (χ2v) is 7.28. The van der Waals surface area contributed by atoms with Crippen molar-refractivity contribution in [2.24, 2.45) is 23.1 Å². The summed E-state index contributed by atoms with van der Waals surface area (Å²) in [5.41, 5.74) is 15.5. The van der Waals surface area contributed by atoms with Gasteiger partial charge in [0.2, 0.25) is 29.5 Å². The highest BCUT2D eigenvalue weighted by Crippen LogP contribution is 2.05. The van der Waals surface area contributed by atoms with Crippen LogP contribution in [0.2, 0.25) is 0 Å². The number of rotatable bonds is 14. The van der Waals surface area contributed by atoms with E-state index in [0.29, 0.717) is 0 Å². The van der Waals surface area contributed by atoms with Crippen LogP contribution in [0.15, 0.2) is 0 Å². The number of primary amides is 2. The summed E-state index contributed by atoms with van der Waals surface area (Å²) in [6.07, 6.45) is -1.10. The molecule has 0 aliphatic rings. The molecule has 14 nitrogen and oxygen atoms in total. The van der Waals surface area contributed by atoms with E-state index in [-0.39, 0.29) is 12.3 Å². The highest BCUT2D eigenvalue weighted by Gasteiger charge is 2.31. The number of hydrogen-bond acceptors (Lipinski definition) is 8. The smallest absolute Gasteiger partial charge is 0.326 e. The first kappa shape index (κ1) is 27.7. The second kappa shape index (κ2) is 13.1. The van der Waals surface area contributed by atoms with Crippen LogP contribution in [0, 0.1) is 5.92 Å². The molecule has 0 bridgehead atoms. The number of aliphatic hydroxyl groups excluding tert-OH is 1. The standard InChI is InChI=1S/C17H30N6O8/c1-7(2)3-10(17(30)31)22-16(29)11(6-24)23-15(28)9(5-13(20)26)21-14(27)8(18)4-12(19)25/h7-11,24H,3-6,18H2,1-2H3,(H2,19,25)(H2,20,26)(H,21,27)(H,22,29)(H,23,28)(H,30,31). The van der Waals surface area contributed by atoms with Crippen LogP contribution >= 0.6 is 0 Å². The minimum Gasteiger partial charge on any atom is -0.480 e. The summed E-state index contributed by atoms with van der Waals surface area (Å²) in [7, 11) is 0. The number of carbonyl (C=O) groups excluding carboxylic acids is 5. The summed E-state index contributed by atoms with van der Waals surface area (Å²) in [5, 5.41) is 25.1. The van der Waals surface area contributed by atoms with Gasteiger partial charge in [0, 0.05) is 0 Å². The van der Waals surface area contributed by atoms with Gasteiger partial charge in [0.1, 0.15) is 18.1 Å². The summed E-state index contributed by atoms with van der Waals surface area (Å²) >= 11 is 0. The van der Waals surface area contributed by atoms with E-state index in [1.807, 2.05) is 0 Å². The number of carbonyl (C=O) groups is 6. The molecule has 0 aromatic carbocycles. The van der Waals surface area contributed by atoms with E-state index in [4.69, 9.17) is 17.2 Å². The predicted molar refractivity (Wildman–Crippen MR) is 106 cm³/mol. The lowest BCUT2D eigenvalue weighted by Crippen LogP contribution is -2.58. The number of amides is 5. The molecule has 0 aliphatic heterocycles. The van der Waals surface area contributed by atoms with Crippen molar-refractivity contribution >= 4 is 35.5 Å². The maximum absolute atomic E-state index is 12.5. The zero-order valence-electron chi connectivity index (χ0n) is 17.3. The summed E-state index contributed by atoms with van der Waals surface area (Å²) in [5.74, 6) is -6.24. The van der Waals surface area contributed by atoms with E-state index in [1.54, 1.807) is 13.8 Å². The SMILES string of the molecule is CC(C)CC(NC(=O)C(CO)NC(=O)C(CC(N)=O)NC(=O)C(N)CC(N)=O)C(=O)O. The number of nitrogens with one attached hydrogen (secondary N) is 3. The molecule has 0 saturated carbocycles. The molecule has 0 rings (SSSR count). The van der Waals surface area contributed by atoms with E-state index in [2.05, 4.69) is 16.0 Å². The van der Waals surface area contributed by atoms with Gasteiger partial charge in [0.25, 0.3) is 0 Å². The quantitative estimate of drug-likeness (QED) is 0.128. The first-order valence-corrected chi connectivity index (χ1v) is 9.35. The average molecular weight is 446 g/mol. The molecule has 176 valence electrons. The predicted octanol–water partition coefficient (Wildman–Crippen LogP) is -4.36. The van der Waals surface area contributed by atoms with Gasteiger partial charge in [-0.15, -0.1) is 0 Å². The summed E-state index contributed by atoms with van der Waals surface area (Å²) in [6, 6.07) is -5.80. The maximum atomic E-state index is 12.5. The van der Waals surface area contributed by atoms with Crippen molar-refractivity contribution in [3.63, 3.8) is 0 Å². The van der Waals surface area contributed by atoms with Crippen LogP contribution in [0.25, 0.3) is 0 Å². The zero-order valence-corrected chi connectivity index (χ0v) is 17.3. The normalized spacial score (nSPS) is 14.6. The minimum atomic E-state index is -1.58. The lowest BCUT2D eigenvalue weighted by molar-refractivity contribution is -0.143. The van der Waals surface area contributed by atoms with Crippen molar-refractivity contribution in [2.75, 3.05) is 6.61 Å². The van der Waals surface area contributed by atoms with Gasteiger partial charge in [-0.3, -0.25) is 24.0 Å². The molecule has 0 spiro atoms. The van der Waals surface area contributed by atoms with Crippen LogP contribution in [0.1, 0.15) is 33.1 Å². The van der Waals surface area contributed by atoms with Crippen molar-refractivity contribution in [1.29, 1.82) is 0 Å². The highest BCUT2D eigenvalue weighted by molar-refractivity contribution is 5.96. The van der Waals surface area contributed by atoms with Crippen molar-refractivity contribution in [1.82, 2.24) is 16.0 Å². The Bertz CT molecular complexity index is 698. The van der Waals surface area contributed by atoms with E-state index >= 15 is 0 Å². The van der Waals surface area contributed by atoms with Crippen LogP contribution in [-0.2, 0) is 28.8 Å². The monoisotopic (exact) mass is 446 g/mol. The Hall–Kier alpha value is -3.26. The van der Waals surface area contributed by atoms with Crippen LogP contribution in [0.3, 0.4) is 0 Å². The topological polar surface area (TPSA) is 257 Å². The summed E-state index contributed by atoms with van der Waals surface area (Å²) in [6.45, 7) is 2.59. The van der Waals surface area contributed by atoms with Gasteiger partial charge in [0.05, 0.1) is 25.5 Å². The van der Waals surface area contributed by atoms with Gasteiger partial charge in [-0.05, 0) is 12.3 Å². The molecule has 4 atom stereocenters. The number of carboxylic acid groups (broad SMARTS) is 1. The molecule has 0 aliphatic carbocycles. The molecule has 4 unspecified atom stereocenters. The van der Waals surface area contributed by atoms with E-state index in [1.165, 1.54) is 0 Å². The van der Waals surface area contributed by atoms with Gasteiger partial charge in [-0.25, -0.2) is 4.79 Å². The van der Waals surface area contributed by atoms with Crippen LogP contribution in [0.4, 0.5) is 0 Å². The fourth-order valence-corrected chi connectivity index (χ4v) is 2.43. The molecule has 5 amide bonds. The zero-order chi connectivity index (χ0) is 24.3. The van der Waals surface area contributed by atoms with Crippen LogP contribution in [0.5, 0.6) is 0 Å². The van der Waals surface area contributed by atoms with Crippen molar-refractivity contribution in [3.05, 3.63) is 0 Å². The highest BCUT2D eigenvalue weighted by atomic mass is 16.4. The number of nitrogens with two attached hydrogens (primary N) is 3. The lowest BCUT2D eigenvalue weighted by Gasteiger charge is -2.24. The summed E-state index contributed by atoms with van der Waals surface area (Å²) in [4.78, 5) is 70.2. The fourth-order valence-electron chi connectivity index (χ4n) is 2.43. The number of aliphatic carboxylic acids is 1. The Kier molecular flexibility index (Phi) is 11.7. The number of carboxylic acids is 1. The molecule has 0 aromatic heterocycles. The van der Waals surface area contributed by atoms with E-state index in [9.17, 15) is 39.0 Å². The largest absolute Gasteiger partial charge is 0.480 e. The molecule has 0 aromatic rings. The number of aliphatic hydroxyl groups is 1.